The molecule has 8 rings (SSSR count). The van der Waals surface area contributed by atoms with Crippen molar-refractivity contribution in [1.29, 1.82) is 0 Å². The molecule has 8 aromatic carbocycles. The Kier molecular flexibility index (Phi) is 7.96. The van der Waals surface area contributed by atoms with Crippen molar-refractivity contribution < 1.29 is 0 Å². The lowest BCUT2D eigenvalue weighted by molar-refractivity contribution is 1.25. The fourth-order valence-electron chi connectivity index (χ4n) is 6.57. The van der Waals surface area contributed by atoms with Gasteiger partial charge >= 0.3 is 0 Å². The Morgan fingerprint density at radius 2 is 0.667 bits per heavy atom. The molecule has 0 aliphatic rings. The van der Waals surface area contributed by atoms with Crippen LogP contribution in [0, 0.1) is 0 Å². The molecular formula is C46H34N2. The molecule has 0 aliphatic carbocycles. The first-order chi connectivity index (χ1) is 23.8. The van der Waals surface area contributed by atoms with Crippen LogP contribution in [-0.4, -0.2) is 0 Å². The summed E-state index contributed by atoms with van der Waals surface area (Å²) in [6.07, 6.45) is 0. The predicted molar refractivity (Wildman–Crippen MR) is 204 cm³/mol. The normalized spacial score (nSPS) is 10.9. The van der Waals surface area contributed by atoms with E-state index in [0.29, 0.717) is 0 Å². The van der Waals surface area contributed by atoms with E-state index in [-0.39, 0.29) is 0 Å². The quantitative estimate of drug-likeness (QED) is 0.168. The minimum Gasteiger partial charge on any atom is -0.310 e. The van der Waals surface area contributed by atoms with Crippen LogP contribution in [0.4, 0.5) is 34.1 Å². The topological polar surface area (TPSA) is 6.48 Å². The van der Waals surface area contributed by atoms with E-state index in [1.807, 2.05) is 0 Å². The lowest BCUT2D eigenvalue weighted by Gasteiger charge is -2.30. The van der Waals surface area contributed by atoms with E-state index in [1.54, 1.807) is 0 Å². The van der Waals surface area contributed by atoms with Gasteiger partial charge in [-0.1, -0.05) is 140 Å². The van der Waals surface area contributed by atoms with Gasteiger partial charge in [0.2, 0.25) is 0 Å². The molecule has 228 valence electrons. The van der Waals surface area contributed by atoms with Crippen molar-refractivity contribution >= 4 is 44.9 Å². The number of fused-ring (bicyclic) bond motifs is 1. The number of anilines is 6. The summed E-state index contributed by atoms with van der Waals surface area (Å²) in [5.41, 5.74) is 11.2. The smallest absolute Gasteiger partial charge is 0.0488 e. The monoisotopic (exact) mass is 614 g/mol. The highest BCUT2D eigenvalue weighted by Gasteiger charge is 2.20. The van der Waals surface area contributed by atoms with Gasteiger partial charge in [-0.25, -0.2) is 0 Å². The summed E-state index contributed by atoms with van der Waals surface area (Å²) < 4.78 is 0. The molecule has 2 nitrogen and oxygen atoms in total. The standard InChI is InChI=1S/C46H34N2/c1-5-17-35(18-6-1)37-21-15-28-42(31-37)48(41-26-11-4-12-27-41)44-33-38(46-30-16-20-36-19-13-14-29-45(36)46)32-43(34-44)47(39-22-7-2-8-23-39)40-24-9-3-10-25-40/h1-34H. The third-order valence-corrected chi connectivity index (χ3v) is 8.77. The van der Waals surface area contributed by atoms with E-state index in [9.17, 15) is 0 Å². The molecule has 0 saturated heterocycles. The average Bonchev–Trinajstić information content (AvgIpc) is 3.17. The molecule has 0 fully saturated rings. The zero-order valence-electron chi connectivity index (χ0n) is 26.5. The lowest BCUT2D eigenvalue weighted by Crippen LogP contribution is -2.13. The molecule has 0 spiro atoms. The van der Waals surface area contributed by atoms with Crippen molar-refractivity contribution in [3.8, 4) is 22.3 Å². The molecule has 8 aromatic rings. The summed E-state index contributed by atoms with van der Waals surface area (Å²) in [4.78, 5) is 4.72. The molecule has 0 aromatic heterocycles. The Morgan fingerprint density at radius 1 is 0.250 bits per heavy atom. The zero-order chi connectivity index (χ0) is 32.1. The van der Waals surface area contributed by atoms with E-state index < -0.39 is 0 Å². The van der Waals surface area contributed by atoms with E-state index in [2.05, 4.69) is 216 Å². The lowest BCUT2D eigenvalue weighted by atomic mass is 9.96. The maximum Gasteiger partial charge on any atom is 0.0488 e. The fraction of sp³-hybridized carbons (Fsp3) is 0. The summed E-state index contributed by atoms with van der Waals surface area (Å²) in [5.74, 6) is 0. The Morgan fingerprint density at radius 3 is 1.27 bits per heavy atom. The molecule has 48 heavy (non-hydrogen) atoms. The first-order valence-electron chi connectivity index (χ1n) is 16.4. The molecule has 0 N–H and O–H groups in total. The number of nitrogens with zero attached hydrogens (tertiary/aromatic N) is 2. The second-order valence-electron chi connectivity index (χ2n) is 11.9. The average molecular weight is 615 g/mol. The van der Waals surface area contributed by atoms with Gasteiger partial charge in [-0.2, -0.15) is 0 Å². The molecule has 2 heteroatoms. The molecular weight excluding hydrogens is 581 g/mol. The van der Waals surface area contributed by atoms with Crippen LogP contribution in [0.15, 0.2) is 206 Å². The van der Waals surface area contributed by atoms with Gasteiger partial charge in [0.05, 0.1) is 0 Å². The highest BCUT2D eigenvalue weighted by atomic mass is 15.2. The van der Waals surface area contributed by atoms with Crippen LogP contribution in [0.5, 0.6) is 0 Å². The van der Waals surface area contributed by atoms with Gasteiger partial charge in [0.25, 0.3) is 0 Å². The number of hydrogen-bond acceptors (Lipinski definition) is 2. The van der Waals surface area contributed by atoms with E-state index in [0.717, 1.165) is 39.7 Å². The van der Waals surface area contributed by atoms with Gasteiger partial charge < -0.3 is 9.80 Å². The molecule has 0 amide bonds. The second kappa shape index (κ2) is 13.2. The van der Waals surface area contributed by atoms with Crippen LogP contribution < -0.4 is 9.80 Å². The Labute approximate surface area is 282 Å². The summed E-state index contributed by atoms with van der Waals surface area (Å²) in [5, 5.41) is 2.45. The van der Waals surface area contributed by atoms with Crippen molar-refractivity contribution in [1.82, 2.24) is 0 Å². The van der Waals surface area contributed by atoms with Crippen molar-refractivity contribution in [2.45, 2.75) is 0 Å². The minimum absolute atomic E-state index is 1.07. The van der Waals surface area contributed by atoms with Crippen molar-refractivity contribution in [2.75, 3.05) is 9.80 Å². The van der Waals surface area contributed by atoms with Gasteiger partial charge in [0, 0.05) is 34.1 Å². The summed E-state index contributed by atoms with van der Waals surface area (Å²) >= 11 is 0. The van der Waals surface area contributed by atoms with Gasteiger partial charge in [0.15, 0.2) is 0 Å². The van der Waals surface area contributed by atoms with Crippen LogP contribution in [0.3, 0.4) is 0 Å². The van der Waals surface area contributed by atoms with Crippen LogP contribution in [-0.2, 0) is 0 Å². The number of benzene rings is 8. The molecule has 0 heterocycles. The SMILES string of the molecule is c1ccc(-c2cccc(N(c3ccccc3)c3cc(-c4cccc5ccccc45)cc(N(c4ccccc4)c4ccccc4)c3)c2)cc1. The van der Waals surface area contributed by atoms with Gasteiger partial charge in [0.1, 0.15) is 0 Å². The highest BCUT2D eigenvalue weighted by Crippen LogP contribution is 2.44. The van der Waals surface area contributed by atoms with E-state index in [1.165, 1.54) is 27.5 Å². The predicted octanol–water partition coefficient (Wildman–Crippen LogP) is 13.1. The molecule has 0 radical (unpaired) electrons. The van der Waals surface area contributed by atoms with Crippen LogP contribution in [0.1, 0.15) is 0 Å². The summed E-state index contributed by atoms with van der Waals surface area (Å²) in [6.45, 7) is 0. The van der Waals surface area contributed by atoms with Crippen molar-refractivity contribution in [3.05, 3.63) is 206 Å². The van der Waals surface area contributed by atoms with E-state index in [4.69, 9.17) is 0 Å². The van der Waals surface area contributed by atoms with Crippen LogP contribution in [0.2, 0.25) is 0 Å². The first kappa shape index (κ1) is 29.1. The Hall–Kier alpha value is -6.38. The fourth-order valence-corrected chi connectivity index (χ4v) is 6.57. The van der Waals surface area contributed by atoms with Crippen LogP contribution >= 0.6 is 0 Å². The number of rotatable bonds is 8. The highest BCUT2D eigenvalue weighted by molar-refractivity contribution is 5.99. The molecule has 0 atom stereocenters. The van der Waals surface area contributed by atoms with Crippen molar-refractivity contribution in [2.24, 2.45) is 0 Å². The number of hydrogen-bond donors (Lipinski definition) is 0. The minimum atomic E-state index is 1.07. The first-order valence-corrected chi connectivity index (χ1v) is 16.4. The third kappa shape index (κ3) is 5.84. The van der Waals surface area contributed by atoms with Gasteiger partial charge in [-0.3, -0.25) is 0 Å². The molecule has 0 unspecified atom stereocenters. The number of para-hydroxylation sites is 3. The van der Waals surface area contributed by atoms with Crippen LogP contribution in [0.25, 0.3) is 33.0 Å². The van der Waals surface area contributed by atoms with Gasteiger partial charge in [-0.05, 0) is 99.8 Å². The molecule has 0 aliphatic heterocycles. The third-order valence-electron chi connectivity index (χ3n) is 8.77. The second-order valence-corrected chi connectivity index (χ2v) is 11.9. The summed E-state index contributed by atoms with van der Waals surface area (Å²) in [7, 11) is 0. The van der Waals surface area contributed by atoms with E-state index >= 15 is 0 Å². The maximum absolute atomic E-state index is 2.37. The molecule has 0 saturated carbocycles. The molecule has 0 bridgehead atoms. The van der Waals surface area contributed by atoms with Crippen molar-refractivity contribution in [3.63, 3.8) is 0 Å². The Balaban J connectivity index is 1.40. The Bertz CT molecular complexity index is 2240. The largest absolute Gasteiger partial charge is 0.310 e. The maximum atomic E-state index is 2.37. The summed E-state index contributed by atoms with van der Waals surface area (Å²) in [6, 6.07) is 73.6. The van der Waals surface area contributed by atoms with Gasteiger partial charge in [-0.15, -0.1) is 0 Å². The zero-order valence-corrected chi connectivity index (χ0v) is 26.5.